The molecule has 3 rings (SSSR count). The maximum atomic E-state index is 12.6. The Morgan fingerprint density at radius 1 is 1.33 bits per heavy atom. The molecule has 1 saturated carbocycles. The highest BCUT2D eigenvalue weighted by molar-refractivity contribution is 14.0. The Labute approximate surface area is 200 Å². The molecule has 1 heterocycles. The third kappa shape index (κ3) is 8.20. The monoisotopic (exact) mass is 550 g/mol. The number of amides is 1. The van der Waals surface area contributed by atoms with Crippen molar-refractivity contribution in [2.75, 3.05) is 45.9 Å². The van der Waals surface area contributed by atoms with E-state index >= 15 is 0 Å². The Bertz CT molecular complexity index is 700. The summed E-state index contributed by atoms with van der Waals surface area (Å²) in [6.07, 6.45) is 1.83. The molecule has 7 nitrogen and oxygen atoms in total. The Morgan fingerprint density at radius 3 is 2.70 bits per heavy atom. The molecule has 0 bridgehead atoms. The molecule has 1 aliphatic carbocycles. The van der Waals surface area contributed by atoms with Crippen molar-refractivity contribution in [2.45, 2.75) is 32.4 Å². The first-order valence-corrected chi connectivity index (χ1v) is 10.7. The van der Waals surface area contributed by atoms with Crippen molar-refractivity contribution >= 4 is 47.4 Å². The first kappa shape index (κ1) is 25.2. The molecule has 1 unspecified atom stereocenters. The highest BCUT2D eigenvalue weighted by atomic mass is 127. The van der Waals surface area contributed by atoms with Gasteiger partial charge in [0.1, 0.15) is 0 Å². The summed E-state index contributed by atoms with van der Waals surface area (Å²) in [6.45, 7) is 6.14. The fraction of sp³-hybridized carbons (Fsp3) is 0.619. The highest BCUT2D eigenvalue weighted by Gasteiger charge is 2.26. The number of aliphatic imine (C=N–C) groups is 1. The number of hydrogen-bond acceptors (Lipinski definition) is 4. The van der Waals surface area contributed by atoms with Gasteiger partial charge in [0.2, 0.25) is 5.91 Å². The van der Waals surface area contributed by atoms with Crippen LogP contribution in [0.2, 0.25) is 5.02 Å². The zero-order valence-corrected chi connectivity index (χ0v) is 20.5. The molecule has 2 fully saturated rings. The van der Waals surface area contributed by atoms with Crippen LogP contribution in [0.1, 0.15) is 25.3 Å². The van der Waals surface area contributed by atoms with Gasteiger partial charge in [-0.15, -0.1) is 24.0 Å². The molecule has 1 amide bonds. The molecule has 0 spiro atoms. The SMILES string of the molecule is CCNC(=NCC(O)COCC1CC1)N1CCN(Cc2ccc(Cl)cc2)C(=O)C1.I. The Kier molecular flexibility index (Phi) is 10.6. The van der Waals surface area contributed by atoms with Gasteiger partial charge in [0.15, 0.2) is 5.96 Å². The lowest BCUT2D eigenvalue weighted by Crippen LogP contribution is -2.55. The van der Waals surface area contributed by atoms with Crippen LogP contribution in [0.5, 0.6) is 0 Å². The van der Waals surface area contributed by atoms with Gasteiger partial charge in [-0.25, -0.2) is 0 Å². The molecule has 1 atom stereocenters. The molecule has 168 valence electrons. The lowest BCUT2D eigenvalue weighted by atomic mass is 10.2. The number of ether oxygens (including phenoxy) is 1. The minimum atomic E-state index is -0.635. The fourth-order valence-corrected chi connectivity index (χ4v) is 3.32. The quantitative estimate of drug-likeness (QED) is 0.280. The first-order valence-electron chi connectivity index (χ1n) is 10.4. The van der Waals surface area contributed by atoms with Gasteiger partial charge >= 0.3 is 0 Å². The fourth-order valence-electron chi connectivity index (χ4n) is 3.19. The van der Waals surface area contributed by atoms with Crippen LogP contribution in [-0.4, -0.2) is 78.8 Å². The third-order valence-corrected chi connectivity index (χ3v) is 5.30. The number of carbonyl (C=O) groups is 1. The van der Waals surface area contributed by atoms with Crippen molar-refractivity contribution < 1.29 is 14.6 Å². The number of nitrogens with one attached hydrogen (secondary N) is 1. The average molecular weight is 551 g/mol. The number of guanidine groups is 1. The van der Waals surface area contributed by atoms with E-state index in [2.05, 4.69) is 10.3 Å². The summed E-state index contributed by atoms with van der Waals surface area (Å²) in [6, 6.07) is 7.57. The molecule has 0 aromatic heterocycles. The van der Waals surface area contributed by atoms with Crippen molar-refractivity contribution in [1.82, 2.24) is 15.1 Å². The largest absolute Gasteiger partial charge is 0.389 e. The van der Waals surface area contributed by atoms with Gasteiger partial charge in [-0.1, -0.05) is 23.7 Å². The Hall–Kier alpha value is -1.10. The van der Waals surface area contributed by atoms with Crippen LogP contribution < -0.4 is 5.32 Å². The van der Waals surface area contributed by atoms with Crippen LogP contribution in [0.15, 0.2) is 29.3 Å². The number of carbonyl (C=O) groups excluding carboxylic acids is 1. The van der Waals surface area contributed by atoms with Crippen LogP contribution in [0, 0.1) is 5.92 Å². The predicted molar refractivity (Wildman–Crippen MR) is 129 cm³/mol. The van der Waals surface area contributed by atoms with Crippen LogP contribution in [0.3, 0.4) is 0 Å². The second kappa shape index (κ2) is 12.7. The summed E-state index contributed by atoms with van der Waals surface area (Å²) in [5.74, 6) is 1.40. The zero-order valence-electron chi connectivity index (χ0n) is 17.4. The second-order valence-corrected chi connectivity index (χ2v) is 8.13. The standard InChI is InChI=1S/C21H31ClN4O3.HI/c1-2-23-21(24-11-19(27)15-29-14-17-3-4-17)26-10-9-25(20(28)13-26)12-16-5-7-18(22)8-6-16;/h5-8,17,19,27H,2-4,9-15H2,1H3,(H,23,24);1H. The van der Waals surface area contributed by atoms with Gasteiger partial charge < -0.3 is 25.0 Å². The molecule has 9 heteroatoms. The smallest absolute Gasteiger partial charge is 0.242 e. The lowest BCUT2D eigenvalue weighted by Gasteiger charge is -2.36. The number of aliphatic hydroxyl groups excluding tert-OH is 1. The molecular formula is C21H32ClIN4O3. The van der Waals surface area contributed by atoms with Crippen LogP contribution in [-0.2, 0) is 16.1 Å². The first-order chi connectivity index (χ1) is 14.0. The van der Waals surface area contributed by atoms with Crippen LogP contribution in [0.4, 0.5) is 0 Å². The molecule has 0 radical (unpaired) electrons. The number of piperazine rings is 1. The predicted octanol–water partition coefficient (Wildman–Crippen LogP) is 2.36. The summed E-state index contributed by atoms with van der Waals surface area (Å²) < 4.78 is 5.53. The molecule has 2 N–H and O–H groups in total. The van der Waals surface area contributed by atoms with E-state index in [4.69, 9.17) is 16.3 Å². The van der Waals surface area contributed by atoms with E-state index in [1.54, 1.807) is 0 Å². The summed E-state index contributed by atoms with van der Waals surface area (Å²) in [4.78, 5) is 21.0. The summed E-state index contributed by atoms with van der Waals surface area (Å²) in [5.41, 5.74) is 1.06. The number of benzene rings is 1. The van der Waals surface area contributed by atoms with E-state index in [0.717, 1.165) is 12.2 Å². The molecule has 1 aliphatic heterocycles. The Balaban J connectivity index is 0.00000320. The number of nitrogens with zero attached hydrogens (tertiary/aromatic N) is 3. The number of rotatable bonds is 9. The molecule has 2 aliphatic rings. The maximum Gasteiger partial charge on any atom is 0.242 e. The summed E-state index contributed by atoms with van der Waals surface area (Å²) in [7, 11) is 0. The molecule has 30 heavy (non-hydrogen) atoms. The van der Waals surface area contributed by atoms with Gasteiger partial charge in [0, 0.05) is 37.8 Å². The van der Waals surface area contributed by atoms with Gasteiger partial charge in [0.05, 0.1) is 25.8 Å². The normalized spacial score (nSPS) is 18.2. The number of hydrogen-bond donors (Lipinski definition) is 2. The number of halogens is 2. The third-order valence-electron chi connectivity index (χ3n) is 5.05. The maximum absolute atomic E-state index is 12.6. The van der Waals surface area contributed by atoms with Crippen LogP contribution >= 0.6 is 35.6 Å². The molecule has 1 saturated heterocycles. The minimum absolute atomic E-state index is 0. The van der Waals surface area contributed by atoms with Crippen LogP contribution in [0.25, 0.3) is 0 Å². The lowest BCUT2D eigenvalue weighted by molar-refractivity contribution is -0.135. The molecular weight excluding hydrogens is 519 g/mol. The average Bonchev–Trinajstić information content (AvgIpc) is 3.53. The van der Waals surface area contributed by atoms with Crippen molar-refractivity contribution in [3.63, 3.8) is 0 Å². The van der Waals surface area contributed by atoms with E-state index in [9.17, 15) is 9.90 Å². The Morgan fingerprint density at radius 2 is 2.07 bits per heavy atom. The highest BCUT2D eigenvalue weighted by Crippen LogP contribution is 2.28. The molecule has 1 aromatic rings. The van der Waals surface area contributed by atoms with E-state index in [1.165, 1.54) is 12.8 Å². The topological polar surface area (TPSA) is 77.4 Å². The van der Waals surface area contributed by atoms with Gasteiger partial charge in [-0.3, -0.25) is 9.79 Å². The van der Waals surface area contributed by atoms with E-state index in [1.807, 2.05) is 41.0 Å². The van der Waals surface area contributed by atoms with E-state index in [0.29, 0.717) is 49.7 Å². The van der Waals surface area contributed by atoms with E-state index < -0.39 is 6.10 Å². The minimum Gasteiger partial charge on any atom is -0.389 e. The van der Waals surface area contributed by atoms with E-state index in [-0.39, 0.29) is 43.0 Å². The van der Waals surface area contributed by atoms with Crippen molar-refractivity contribution in [2.24, 2.45) is 10.9 Å². The summed E-state index contributed by atoms with van der Waals surface area (Å²) >= 11 is 5.93. The van der Waals surface area contributed by atoms with Gasteiger partial charge in [-0.05, 0) is 43.4 Å². The second-order valence-electron chi connectivity index (χ2n) is 7.69. The number of aliphatic hydroxyl groups is 1. The van der Waals surface area contributed by atoms with Gasteiger partial charge in [0.25, 0.3) is 0 Å². The molecule has 1 aromatic carbocycles. The van der Waals surface area contributed by atoms with Crippen molar-refractivity contribution in [3.8, 4) is 0 Å². The van der Waals surface area contributed by atoms with Crippen molar-refractivity contribution in [1.29, 1.82) is 0 Å². The zero-order chi connectivity index (χ0) is 20.6. The van der Waals surface area contributed by atoms with Gasteiger partial charge in [-0.2, -0.15) is 0 Å². The summed E-state index contributed by atoms with van der Waals surface area (Å²) in [5, 5.41) is 14.0. The van der Waals surface area contributed by atoms with Crippen molar-refractivity contribution in [3.05, 3.63) is 34.9 Å².